The maximum atomic E-state index is 5.95. The van der Waals surface area contributed by atoms with Gasteiger partial charge in [0, 0.05) is 13.1 Å². The van der Waals surface area contributed by atoms with Crippen LogP contribution in [0.2, 0.25) is 0 Å². The Morgan fingerprint density at radius 2 is 1.80 bits per heavy atom. The SMILES string of the molecule is NC(=S)C(c1ccc2c(c1)OCCO2)N1CCOCC1. The van der Waals surface area contributed by atoms with E-state index in [-0.39, 0.29) is 6.04 Å². The summed E-state index contributed by atoms with van der Waals surface area (Å²) in [5, 5.41) is 0. The van der Waals surface area contributed by atoms with Crippen LogP contribution in [0.15, 0.2) is 18.2 Å². The number of ether oxygens (including phenoxy) is 3. The first-order valence-corrected chi connectivity index (χ1v) is 7.17. The van der Waals surface area contributed by atoms with E-state index < -0.39 is 0 Å². The largest absolute Gasteiger partial charge is 0.486 e. The highest BCUT2D eigenvalue weighted by Gasteiger charge is 2.26. The number of thiocarbonyl (C=S) groups is 1. The Labute approximate surface area is 123 Å². The lowest BCUT2D eigenvalue weighted by atomic mass is 10.0. The van der Waals surface area contributed by atoms with Crippen LogP contribution in [0.3, 0.4) is 0 Å². The molecular formula is C14H18N2O3S. The van der Waals surface area contributed by atoms with Crippen LogP contribution in [0.5, 0.6) is 11.5 Å². The van der Waals surface area contributed by atoms with Crippen molar-refractivity contribution < 1.29 is 14.2 Å². The van der Waals surface area contributed by atoms with Gasteiger partial charge in [0.15, 0.2) is 11.5 Å². The van der Waals surface area contributed by atoms with Crippen LogP contribution in [-0.4, -0.2) is 49.4 Å². The monoisotopic (exact) mass is 294 g/mol. The van der Waals surface area contributed by atoms with E-state index in [9.17, 15) is 0 Å². The van der Waals surface area contributed by atoms with Crippen molar-refractivity contribution in [2.24, 2.45) is 5.73 Å². The fraction of sp³-hybridized carbons (Fsp3) is 0.500. The number of nitrogens with two attached hydrogens (primary N) is 1. The van der Waals surface area contributed by atoms with Crippen molar-refractivity contribution in [2.75, 3.05) is 39.5 Å². The number of hydrogen-bond donors (Lipinski definition) is 1. The zero-order valence-corrected chi connectivity index (χ0v) is 12.0. The fourth-order valence-corrected chi connectivity index (χ4v) is 2.91. The zero-order chi connectivity index (χ0) is 13.9. The predicted octanol–water partition coefficient (Wildman–Crippen LogP) is 1.12. The highest BCUT2D eigenvalue weighted by molar-refractivity contribution is 7.80. The van der Waals surface area contributed by atoms with Gasteiger partial charge in [-0.25, -0.2) is 0 Å². The third-order valence-electron chi connectivity index (χ3n) is 3.56. The first kappa shape index (κ1) is 13.6. The van der Waals surface area contributed by atoms with E-state index in [1.54, 1.807) is 0 Å². The molecule has 3 rings (SSSR count). The van der Waals surface area contributed by atoms with Crippen LogP contribution >= 0.6 is 12.2 Å². The molecule has 6 heteroatoms. The summed E-state index contributed by atoms with van der Waals surface area (Å²) in [5.41, 5.74) is 7.00. The molecule has 1 aromatic rings. The van der Waals surface area contributed by atoms with E-state index in [0.717, 1.165) is 30.2 Å². The summed E-state index contributed by atoms with van der Waals surface area (Å²) < 4.78 is 16.6. The van der Waals surface area contributed by atoms with Gasteiger partial charge in [-0.1, -0.05) is 18.3 Å². The van der Waals surface area contributed by atoms with Crippen molar-refractivity contribution in [1.29, 1.82) is 0 Å². The van der Waals surface area contributed by atoms with E-state index >= 15 is 0 Å². The summed E-state index contributed by atoms with van der Waals surface area (Å²) in [6.07, 6.45) is 0. The Morgan fingerprint density at radius 3 is 2.50 bits per heavy atom. The van der Waals surface area contributed by atoms with Crippen LogP contribution in [-0.2, 0) is 4.74 Å². The molecule has 1 aromatic carbocycles. The third kappa shape index (κ3) is 2.72. The quantitative estimate of drug-likeness (QED) is 0.843. The van der Waals surface area contributed by atoms with Gasteiger partial charge in [-0.2, -0.15) is 0 Å². The van der Waals surface area contributed by atoms with Crippen LogP contribution in [0, 0.1) is 0 Å². The molecule has 0 bridgehead atoms. The smallest absolute Gasteiger partial charge is 0.161 e. The Kier molecular flexibility index (Phi) is 4.05. The van der Waals surface area contributed by atoms with Crippen LogP contribution in [0.25, 0.3) is 0 Å². The molecule has 20 heavy (non-hydrogen) atoms. The van der Waals surface area contributed by atoms with Crippen molar-refractivity contribution in [3.8, 4) is 11.5 Å². The molecule has 2 aliphatic heterocycles. The van der Waals surface area contributed by atoms with E-state index in [0.29, 0.717) is 31.4 Å². The van der Waals surface area contributed by atoms with Gasteiger partial charge in [0.1, 0.15) is 13.2 Å². The standard InChI is InChI=1S/C14H18N2O3S/c15-14(20)13(16-3-5-17-6-4-16)10-1-2-11-12(9-10)19-8-7-18-11/h1-2,9,13H,3-8H2,(H2,15,20). The first-order chi connectivity index (χ1) is 9.75. The van der Waals surface area contributed by atoms with Gasteiger partial charge in [-0.3, -0.25) is 4.90 Å². The molecule has 2 N–H and O–H groups in total. The van der Waals surface area contributed by atoms with Gasteiger partial charge in [0.05, 0.1) is 24.2 Å². The maximum absolute atomic E-state index is 5.95. The minimum absolute atomic E-state index is 0.0790. The summed E-state index contributed by atoms with van der Waals surface area (Å²) in [6.45, 7) is 4.25. The minimum atomic E-state index is -0.0790. The molecule has 1 unspecified atom stereocenters. The lowest BCUT2D eigenvalue weighted by Crippen LogP contribution is -2.43. The van der Waals surface area contributed by atoms with Crippen molar-refractivity contribution in [1.82, 2.24) is 4.90 Å². The van der Waals surface area contributed by atoms with Crippen LogP contribution in [0.1, 0.15) is 11.6 Å². The second-order valence-electron chi connectivity index (χ2n) is 4.86. The van der Waals surface area contributed by atoms with Gasteiger partial charge in [-0.15, -0.1) is 0 Å². The molecule has 0 saturated carbocycles. The molecule has 108 valence electrons. The highest BCUT2D eigenvalue weighted by atomic mass is 32.1. The maximum Gasteiger partial charge on any atom is 0.161 e. The zero-order valence-electron chi connectivity index (χ0n) is 11.2. The van der Waals surface area contributed by atoms with E-state index in [4.69, 9.17) is 32.2 Å². The van der Waals surface area contributed by atoms with E-state index in [1.807, 2.05) is 18.2 Å². The number of hydrogen-bond acceptors (Lipinski definition) is 5. The fourth-order valence-electron chi connectivity index (χ4n) is 2.62. The molecule has 2 aliphatic rings. The Bertz CT molecular complexity index is 503. The van der Waals surface area contributed by atoms with Crippen LogP contribution in [0.4, 0.5) is 0 Å². The molecule has 1 atom stereocenters. The molecule has 1 saturated heterocycles. The highest BCUT2D eigenvalue weighted by Crippen LogP contribution is 2.34. The molecule has 5 nitrogen and oxygen atoms in total. The molecule has 2 heterocycles. The Balaban J connectivity index is 1.88. The van der Waals surface area contributed by atoms with Gasteiger partial charge in [-0.05, 0) is 17.7 Å². The normalized spacial score (nSPS) is 20.4. The molecule has 0 aliphatic carbocycles. The minimum Gasteiger partial charge on any atom is -0.486 e. The second kappa shape index (κ2) is 5.95. The van der Waals surface area contributed by atoms with Crippen molar-refractivity contribution in [3.63, 3.8) is 0 Å². The lowest BCUT2D eigenvalue weighted by Gasteiger charge is -2.34. The molecular weight excluding hydrogens is 276 g/mol. The van der Waals surface area contributed by atoms with Crippen LogP contribution < -0.4 is 15.2 Å². The number of nitrogens with zero attached hydrogens (tertiary/aromatic N) is 1. The summed E-state index contributed by atoms with van der Waals surface area (Å²) in [5.74, 6) is 1.55. The summed E-state index contributed by atoms with van der Waals surface area (Å²) in [4.78, 5) is 2.72. The second-order valence-corrected chi connectivity index (χ2v) is 5.33. The average Bonchev–Trinajstić information content (AvgIpc) is 2.48. The van der Waals surface area contributed by atoms with Crippen molar-refractivity contribution in [2.45, 2.75) is 6.04 Å². The molecule has 0 amide bonds. The number of rotatable bonds is 3. The Hall–Kier alpha value is -1.37. The number of fused-ring (bicyclic) bond motifs is 1. The molecule has 1 fully saturated rings. The molecule has 0 radical (unpaired) electrons. The Morgan fingerprint density at radius 1 is 1.10 bits per heavy atom. The third-order valence-corrected chi connectivity index (χ3v) is 3.79. The van der Waals surface area contributed by atoms with Gasteiger partial charge in [0.25, 0.3) is 0 Å². The van der Waals surface area contributed by atoms with Gasteiger partial charge < -0.3 is 19.9 Å². The lowest BCUT2D eigenvalue weighted by molar-refractivity contribution is 0.0288. The molecule has 0 spiro atoms. The number of benzene rings is 1. The average molecular weight is 294 g/mol. The van der Waals surface area contributed by atoms with Crippen molar-refractivity contribution >= 4 is 17.2 Å². The van der Waals surface area contributed by atoms with Gasteiger partial charge in [0.2, 0.25) is 0 Å². The number of morpholine rings is 1. The molecule has 0 aromatic heterocycles. The van der Waals surface area contributed by atoms with E-state index in [1.165, 1.54) is 0 Å². The summed E-state index contributed by atoms with van der Waals surface area (Å²) >= 11 is 5.26. The summed E-state index contributed by atoms with van der Waals surface area (Å²) in [7, 11) is 0. The topological polar surface area (TPSA) is 57.0 Å². The predicted molar refractivity (Wildman–Crippen MR) is 79.4 cm³/mol. The van der Waals surface area contributed by atoms with Crippen molar-refractivity contribution in [3.05, 3.63) is 23.8 Å². The summed E-state index contributed by atoms with van der Waals surface area (Å²) in [6, 6.07) is 5.83. The van der Waals surface area contributed by atoms with E-state index in [2.05, 4.69) is 4.90 Å². The van der Waals surface area contributed by atoms with Gasteiger partial charge >= 0.3 is 0 Å². The first-order valence-electron chi connectivity index (χ1n) is 6.76.